The van der Waals surface area contributed by atoms with E-state index in [4.69, 9.17) is 5.73 Å². The van der Waals surface area contributed by atoms with E-state index >= 15 is 0 Å². The van der Waals surface area contributed by atoms with Gasteiger partial charge in [-0.3, -0.25) is 4.79 Å². The molecule has 0 radical (unpaired) electrons. The second kappa shape index (κ2) is 5.54. The molecule has 20 heavy (non-hydrogen) atoms. The Labute approximate surface area is 119 Å². The van der Waals surface area contributed by atoms with Gasteiger partial charge in [-0.25, -0.2) is 8.42 Å². The summed E-state index contributed by atoms with van der Waals surface area (Å²) in [5.74, 6) is 0.290. The first-order valence-corrected chi connectivity index (χ1v) is 8.53. The highest BCUT2D eigenvalue weighted by Gasteiger charge is 2.32. The lowest BCUT2D eigenvalue weighted by atomic mass is 10.1. The number of carbonyl (C=O) groups excluding carboxylic acids is 1. The molecule has 1 aliphatic rings. The van der Waals surface area contributed by atoms with Crippen LogP contribution in [0.5, 0.6) is 0 Å². The topological polar surface area (TPSA) is 80.5 Å². The molecule has 2 unspecified atom stereocenters. The van der Waals surface area contributed by atoms with E-state index in [9.17, 15) is 13.2 Å². The highest BCUT2D eigenvalue weighted by Crippen LogP contribution is 2.24. The second-order valence-corrected chi connectivity index (χ2v) is 7.46. The van der Waals surface area contributed by atoms with Crippen LogP contribution in [0.3, 0.4) is 0 Å². The molecule has 1 saturated heterocycles. The van der Waals surface area contributed by atoms with Gasteiger partial charge in [-0.05, 0) is 50.1 Å². The summed E-state index contributed by atoms with van der Waals surface area (Å²) in [4.78, 5) is 14.5. The summed E-state index contributed by atoms with van der Waals surface area (Å²) in [7, 11) is -3.23. The summed E-state index contributed by atoms with van der Waals surface area (Å²) in [6.45, 7) is 3.27. The van der Waals surface area contributed by atoms with Gasteiger partial charge in [0.2, 0.25) is 0 Å². The van der Waals surface area contributed by atoms with E-state index in [1.54, 1.807) is 12.1 Å². The quantitative estimate of drug-likeness (QED) is 0.898. The Morgan fingerprint density at radius 1 is 1.35 bits per heavy atom. The van der Waals surface area contributed by atoms with Gasteiger partial charge in [0.15, 0.2) is 9.84 Å². The zero-order valence-electron chi connectivity index (χ0n) is 11.7. The third-order valence-corrected chi connectivity index (χ3v) is 4.91. The third-order valence-electron chi connectivity index (χ3n) is 3.79. The molecule has 1 fully saturated rings. The zero-order chi connectivity index (χ0) is 14.9. The van der Waals surface area contributed by atoms with Crippen LogP contribution in [0, 0.1) is 5.92 Å². The van der Waals surface area contributed by atoms with Crippen molar-refractivity contribution in [3.8, 4) is 0 Å². The Hall–Kier alpha value is -1.40. The predicted molar refractivity (Wildman–Crippen MR) is 77.2 cm³/mol. The standard InChI is InChI=1S/C14H20N2O3S/c1-10-7-11(8-15)9-16(10)14(17)12-3-5-13(6-4-12)20(2,18)19/h3-6,10-11H,7-9,15H2,1-2H3. The molecule has 0 saturated carbocycles. The number of carbonyl (C=O) groups is 1. The summed E-state index contributed by atoms with van der Waals surface area (Å²) >= 11 is 0. The van der Waals surface area contributed by atoms with Gasteiger partial charge >= 0.3 is 0 Å². The molecule has 0 bridgehead atoms. The molecule has 0 aliphatic carbocycles. The average Bonchev–Trinajstić information content (AvgIpc) is 2.78. The fourth-order valence-electron chi connectivity index (χ4n) is 2.61. The minimum Gasteiger partial charge on any atom is -0.336 e. The maximum absolute atomic E-state index is 12.4. The first-order chi connectivity index (χ1) is 9.32. The highest BCUT2D eigenvalue weighted by atomic mass is 32.2. The maximum atomic E-state index is 12.4. The van der Waals surface area contributed by atoms with E-state index in [-0.39, 0.29) is 16.8 Å². The van der Waals surface area contributed by atoms with Crippen LogP contribution < -0.4 is 5.73 Å². The van der Waals surface area contributed by atoms with Crippen LogP contribution in [0.4, 0.5) is 0 Å². The molecule has 110 valence electrons. The van der Waals surface area contributed by atoms with E-state index < -0.39 is 9.84 Å². The molecule has 5 nitrogen and oxygen atoms in total. The Bertz CT molecular complexity index is 595. The predicted octanol–water partition coefficient (Wildman–Crippen LogP) is 0.899. The van der Waals surface area contributed by atoms with Crippen LogP contribution in [-0.4, -0.2) is 44.6 Å². The lowest BCUT2D eigenvalue weighted by Crippen LogP contribution is -2.34. The number of benzene rings is 1. The van der Waals surface area contributed by atoms with Gasteiger partial charge in [-0.15, -0.1) is 0 Å². The van der Waals surface area contributed by atoms with Crippen LogP contribution in [0.1, 0.15) is 23.7 Å². The van der Waals surface area contributed by atoms with Crippen molar-refractivity contribution >= 4 is 15.7 Å². The third kappa shape index (κ3) is 3.02. The molecule has 1 heterocycles. The lowest BCUT2D eigenvalue weighted by molar-refractivity contribution is 0.0743. The SMILES string of the molecule is CC1CC(CN)CN1C(=O)c1ccc(S(C)(=O)=O)cc1. The van der Waals surface area contributed by atoms with Gasteiger partial charge in [0.1, 0.15) is 0 Å². The summed E-state index contributed by atoms with van der Waals surface area (Å²) in [6, 6.07) is 6.26. The number of likely N-dealkylation sites (tertiary alicyclic amines) is 1. The molecule has 2 rings (SSSR count). The van der Waals surface area contributed by atoms with Crippen molar-refractivity contribution in [3.63, 3.8) is 0 Å². The smallest absolute Gasteiger partial charge is 0.254 e. The van der Waals surface area contributed by atoms with Gasteiger partial charge < -0.3 is 10.6 Å². The summed E-state index contributed by atoms with van der Waals surface area (Å²) in [5, 5.41) is 0. The molecule has 1 aromatic carbocycles. The van der Waals surface area contributed by atoms with Crippen molar-refractivity contribution in [2.45, 2.75) is 24.3 Å². The van der Waals surface area contributed by atoms with Crippen molar-refractivity contribution < 1.29 is 13.2 Å². The molecule has 1 aromatic rings. The molecule has 0 aromatic heterocycles. The van der Waals surface area contributed by atoms with Gasteiger partial charge in [-0.1, -0.05) is 0 Å². The number of nitrogens with two attached hydrogens (primary N) is 1. The summed E-state index contributed by atoms with van der Waals surface area (Å²) in [6.07, 6.45) is 2.07. The van der Waals surface area contributed by atoms with Crippen LogP contribution >= 0.6 is 0 Å². The molecular formula is C14H20N2O3S. The minimum absolute atomic E-state index is 0.0616. The Morgan fingerprint density at radius 3 is 2.40 bits per heavy atom. The highest BCUT2D eigenvalue weighted by molar-refractivity contribution is 7.90. The monoisotopic (exact) mass is 296 g/mol. The Kier molecular flexibility index (Phi) is 4.15. The van der Waals surface area contributed by atoms with Crippen LogP contribution in [-0.2, 0) is 9.84 Å². The summed E-state index contributed by atoms with van der Waals surface area (Å²) in [5.41, 5.74) is 6.18. The largest absolute Gasteiger partial charge is 0.336 e. The van der Waals surface area contributed by atoms with E-state index in [2.05, 4.69) is 0 Å². The van der Waals surface area contributed by atoms with Crippen LogP contribution in [0.25, 0.3) is 0 Å². The van der Waals surface area contributed by atoms with Gasteiger partial charge in [0.25, 0.3) is 5.91 Å². The van der Waals surface area contributed by atoms with E-state index in [0.29, 0.717) is 24.6 Å². The number of hydrogen-bond acceptors (Lipinski definition) is 4. The van der Waals surface area contributed by atoms with Crippen molar-refractivity contribution in [3.05, 3.63) is 29.8 Å². The fraction of sp³-hybridized carbons (Fsp3) is 0.500. The number of rotatable bonds is 3. The number of sulfone groups is 1. The molecule has 0 spiro atoms. The first-order valence-electron chi connectivity index (χ1n) is 6.64. The van der Waals surface area contributed by atoms with Gasteiger partial charge in [0.05, 0.1) is 4.90 Å². The zero-order valence-corrected chi connectivity index (χ0v) is 12.6. The molecule has 1 amide bonds. The second-order valence-electron chi connectivity index (χ2n) is 5.44. The van der Waals surface area contributed by atoms with Crippen LogP contribution in [0.15, 0.2) is 29.2 Å². The van der Waals surface area contributed by atoms with Crippen LogP contribution in [0.2, 0.25) is 0 Å². The average molecular weight is 296 g/mol. The lowest BCUT2D eigenvalue weighted by Gasteiger charge is -2.21. The fourth-order valence-corrected chi connectivity index (χ4v) is 3.24. The van der Waals surface area contributed by atoms with E-state index in [0.717, 1.165) is 12.7 Å². The van der Waals surface area contributed by atoms with Crippen molar-refractivity contribution in [1.29, 1.82) is 0 Å². The van der Waals surface area contributed by atoms with Crippen molar-refractivity contribution in [2.75, 3.05) is 19.3 Å². The van der Waals surface area contributed by atoms with Gasteiger partial charge in [-0.2, -0.15) is 0 Å². The minimum atomic E-state index is -3.23. The van der Waals surface area contributed by atoms with Crippen molar-refractivity contribution in [2.24, 2.45) is 11.7 Å². The molecule has 6 heteroatoms. The maximum Gasteiger partial charge on any atom is 0.254 e. The Balaban J connectivity index is 2.18. The Morgan fingerprint density at radius 2 is 1.95 bits per heavy atom. The first kappa shape index (κ1) is 15.0. The molecule has 2 atom stereocenters. The van der Waals surface area contributed by atoms with Gasteiger partial charge in [0, 0.05) is 24.4 Å². The normalized spacial score (nSPS) is 23.1. The summed E-state index contributed by atoms with van der Waals surface area (Å²) < 4.78 is 22.8. The molecular weight excluding hydrogens is 276 g/mol. The van der Waals surface area contributed by atoms with Crippen molar-refractivity contribution in [1.82, 2.24) is 4.90 Å². The number of amides is 1. The van der Waals surface area contributed by atoms with E-state index in [1.807, 2.05) is 11.8 Å². The number of hydrogen-bond donors (Lipinski definition) is 1. The number of nitrogens with zero attached hydrogens (tertiary/aromatic N) is 1. The van der Waals surface area contributed by atoms with E-state index in [1.165, 1.54) is 12.1 Å². The molecule has 2 N–H and O–H groups in total. The molecule has 1 aliphatic heterocycles.